The van der Waals surface area contributed by atoms with Gasteiger partial charge < -0.3 is 0 Å². The van der Waals surface area contributed by atoms with Crippen molar-refractivity contribution >= 4 is 5.78 Å². The van der Waals surface area contributed by atoms with E-state index in [2.05, 4.69) is 51.1 Å². The zero-order valence-electron chi connectivity index (χ0n) is 22.9. The lowest BCUT2D eigenvalue weighted by molar-refractivity contribution is 0.0979. The van der Waals surface area contributed by atoms with Crippen LogP contribution in [0.15, 0.2) is 42.5 Å². The van der Waals surface area contributed by atoms with Crippen LogP contribution >= 0.6 is 0 Å². The molecule has 0 bridgehead atoms. The van der Waals surface area contributed by atoms with Gasteiger partial charge in [0.1, 0.15) is 0 Å². The molecule has 1 saturated carbocycles. The summed E-state index contributed by atoms with van der Waals surface area (Å²) in [4.78, 5) is 12.4. The van der Waals surface area contributed by atoms with Crippen LogP contribution in [0.25, 0.3) is 0 Å². The smallest absolute Gasteiger partial charge is 0.162 e. The van der Waals surface area contributed by atoms with Gasteiger partial charge in [0, 0.05) is 12.0 Å². The van der Waals surface area contributed by atoms with Gasteiger partial charge >= 0.3 is 0 Å². The van der Waals surface area contributed by atoms with E-state index in [-0.39, 0.29) is 0 Å². The monoisotopic (exact) mass is 474 g/mol. The predicted octanol–water partition coefficient (Wildman–Crippen LogP) is 10.2. The molecule has 1 aliphatic carbocycles. The minimum Gasteiger partial charge on any atom is -0.294 e. The molecular weight excluding hydrogens is 424 g/mol. The highest BCUT2D eigenvalue weighted by Crippen LogP contribution is 2.39. The molecule has 0 radical (unpaired) electrons. The second-order valence-electron chi connectivity index (χ2n) is 11.2. The van der Waals surface area contributed by atoms with Gasteiger partial charge in [-0.05, 0) is 86.0 Å². The summed E-state index contributed by atoms with van der Waals surface area (Å²) < 4.78 is 0. The van der Waals surface area contributed by atoms with E-state index in [1.165, 1.54) is 93.7 Å². The number of hydrogen-bond donors (Lipinski definition) is 0. The summed E-state index contributed by atoms with van der Waals surface area (Å²) in [7, 11) is 0. The lowest BCUT2D eigenvalue weighted by Gasteiger charge is -2.30. The Morgan fingerprint density at radius 3 is 2.06 bits per heavy atom. The van der Waals surface area contributed by atoms with E-state index in [0.717, 1.165) is 36.7 Å². The van der Waals surface area contributed by atoms with Gasteiger partial charge in [-0.15, -0.1) is 0 Å². The first-order valence-corrected chi connectivity index (χ1v) is 14.8. The average molecular weight is 475 g/mol. The van der Waals surface area contributed by atoms with E-state index in [1.807, 2.05) is 12.1 Å². The molecule has 3 rings (SSSR count). The first-order valence-electron chi connectivity index (χ1n) is 14.8. The quantitative estimate of drug-likeness (QED) is 0.185. The Morgan fingerprint density at radius 2 is 1.37 bits per heavy atom. The van der Waals surface area contributed by atoms with E-state index in [4.69, 9.17) is 0 Å². The molecule has 2 aromatic carbocycles. The fourth-order valence-electron chi connectivity index (χ4n) is 5.98. The Hall–Kier alpha value is -1.89. The third-order valence-electron chi connectivity index (χ3n) is 8.32. The van der Waals surface area contributed by atoms with Gasteiger partial charge in [-0.1, -0.05) is 108 Å². The predicted molar refractivity (Wildman–Crippen MR) is 152 cm³/mol. The van der Waals surface area contributed by atoms with E-state index in [0.29, 0.717) is 12.2 Å². The molecule has 0 spiro atoms. The van der Waals surface area contributed by atoms with Crippen molar-refractivity contribution in [2.75, 3.05) is 0 Å². The molecule has 192 valence electrons. The summed E-state index contributed by atoms with van der Waals surface area (Å²) in [6, 6.07) is 15.6. The first kappa shape index (κ1) is 27.7. The van der Waals surface area contributed by atoms with Crippen molar-refractivity contribution in [3.63, 3.8) is 0 Å². The van der Waals surface area contributed by atoms with Crippen LogP contribution in [0.3, 0.4) is 0 Å². The molecule has 0 aromatic heterocycles. The number of carbonyl (C=O) groups excluding carboxylic acids is 1. The zero-order valence-corrected chi connectivity index (χ0v) is 22.9. The van der Waals surface area contributed by atoms with Crippen molar-refractivity contribution < 1.29 is 4.79 Å². The summed E-state index contributed by atoms with van der Waals surface area (Å²) in [5, 5.41) is 0. The van der Waals surface area contributed by atoms with Crippen LogP contribution < -0.4 is 0 Å². The second kappa shape index (κ2) is 15.3. The van der Waals surface area contributed by atoms with Gasteiger partial charge in [-0.3, -0.25) is 4.79 Å². The van der Waals surface area contributed by atoms with Crippen LogP contribution in [0.2, 0.25) is 0 Å². The fourth-order valence-corrected chi connectivity index (χ4v) is 5.98. The minimum atomic E-state index is 0.300. The topological polar surface area (TPSA) is 17.1 Å². The molecule has 1 heteroatoms. The standard InChI is InChI=1S/C34H50O/c1-4-6-8-9-11-13-34(35)32-23-18-29(19-24-32)14-15-30-20-25-33(27(3)26-30)31-21-16-28(17-22-31)12-10-7-5-2/h18-20,23-26,28,31H,4-17,21-22H2,1-3H3. The largest absolute Gasteiger partial charge is 0.294 e. The van der Waals surface area contributed by atoms with E-state index < -0.39 is 0 Å². The molecule has 0 atom stereocenters. The van der Waals surface area contributed by atoms with Crippen LogP contribution in [-0.2, 0) is 12.8 Å². The number of unbranched alkanes of at least 4 members (excludes halogenated alkanes) is 6. The molecule has 1 fully saturated rings. The van der Waals surface area contributed by atoms with Crippen LogP contribution in [-0.4, -0.2) is 5.78 Å². The summed E-state index contributed by atoms with van der Waals surface area (Å²) in [5.41, 5.74) is 6.72. The number of ketones is 1. The zero-order chi connectivity index (χ0) is 24.9. The van der Waals surface area contributed by atoms with Gasteiger partial charge in [0.05, 0.1) is 0 Å². The van der Waals surface area contributed by atoms with E-state index >= 15 is 0 Å². The lowest BCUT2D eigenvalue weighted by Crippen LogP contribution is -2.14. The number of Topliss-reactive ketones (excluding diaryl/α,β-unsaturated/α-hetero) is 1. The summed E-state index contributed by atoms with van der Waals surface area (Å²) in [6.07, 6.45) is 20.0. The molecule has 0 heterocycles. The maximum atomic E-state index is 12.4. The molecule has 0 amide bonds. The van der Waals surface area contributed by atoms with Gasteiger partial charge in [-0.25, -0.2) is 0 Å². The van der Waals surface area contributed by atoms with Crippen molar-refractivity contribution in [3.05, 3.63) is 70.3 Å². The minimum absolute atomic E-state index is 0.300. The SMILES string of the molecule is CCCCCCCC(=O)c1ccc(CCc2ccc(C3CCC(CCCCC)CC3)c(C)c2)cc1. The Bertz CT molecular complexity index is 870. The Labute approximate surface area is 216 Å². The van der Waals surface area contributed by atoms with Crippen molar-refractivity contribution in [2.24, 2.45) is 5.92 Å². The maximum absolute atomic E-state index is 12.4. The highest BCUT2D eigenvalue weighted by atomic mass is 16.1. The third kappa shape index (κ3) is 9.25. The van der Waals surface area contributed by atoms with Gasteiger partial charge in [0.2, 0.25) is 0 Å². The maximum Gasteiger partial charge on any atom is 0.162 e. The van der Waals surface area contributed by atoms with Gasteiger partial charge in [0.15, 0.2) is 5.78 Å². The van der Waals surface area contributed by atoms with Crippen LogP contribution in [0, 0.1) is 12.8 Å². The fraction of sp³-hybridized carbons (Fsp3) is 0.618. The molecule has 0 unspecified atom stereocenters. The number of benzene rings is 2. The van der Waals surface area contributed by atoms with Gasteiger partial charge in [0.25, 0.3) is 0 Å². The number of rotatable bonds is 15. The Balaban J connectivity index is 1.43. The highest BCUT2D eigenvalue weighted by molar-refractivity contribution is 5.96. The molecule has 35 heavy (non-hydrogen) atoms. The Kier molecular flexibility index (Phi) is 12.1. The normalized spacial score (nSPS) is 18.0. The molecule has 0 saturated heterocycles. The summed E-state index contributed by atoms with van der Waals surface area (Å²) in [5.74, 6) is 2.04. The van der Waals surface area contributed by atoms with Crippen molar-refractivity contribution in [1.29, 1.82) is 0 Å². The third-order valence-corrected chi connectivity index (χ3v) is 8.32. The number of hydrogen-bond acceptors (Lipinski definition) is 1. The summed E-state index contributed by atoms with van der Waals surface area (Å²) in [6.45, 7) is 6.85. The molecule has 1 nitrogen and oxygen atoms in total. The Morgan fingerprint density at radius 1 is 0.743 bits per heavy atom. The molecule has 1 aliphatic rings. The average Bonchev–Trinajstić information content (AvgIpc) is 2.88. The molecular formula is C34H50O. The number of aryl methyl sites for hydroxylation is 3. The second-order valence-corrected chi connectivity index (χ2v) is 11.2. The summed E-state index contributed by atoms with van der Waals surface area (Å²) >= 11 is 0. The van der Waals surface area contributed by atoms with Crippen molar-refractivity contribution in [2.45, 2.75) is 129 Å². The van der Waals surface area contributed by atoms with Crippen molar-refractivity contribution in [1.82, 2.24) is 0 Å². The number of carbonyl (C=O) groups is 1. The van der Waals surface area contributed by atoms with Crippen molar-refractivity contribution in [3.8, 4) is 0 Å². The highest BCUT2D eigenvalue weighted by Gasteiger charge is 2.23. The molecule has 0 aliphatic heterocycles. The van der Waals surface area contributed by atoms with Crippen LogP contribution in [0.1, 0.15) is 142 Å². The van der Waals surface area contributed by atoms with E-state index in [1.54, 1.807) is 5.56 Å². The van der Waals surface area contributed by atoms with E-state index in [9.17, 15) is 4.79 Å². The van der Waals surface area contributed by atoms with Gasteiger partial charge in [-0.2, -0.15) is 0 Å². The van der Waals surface area contributed by atoms with Crippen LogP contribution in [0.4, 0.5) is 0 Å². The molecule has 0 N–H and O–H groups in total. The molecule has 2 aromatic rings. The lowest BCUT2D eigenvalue weighted by atomic mass is 9.76. The first-order chi connectivity index (χ1) is 17.1. The van der Waals surface area contributed by atoms with Crippen LogP contribution in [0.5, 0.6) is 0 Å².